The van der Waals surface area contributed by atoms with E-state index in [9.17, 15) is 12.8 Å². The normalized spacial score (nSPS) is 15.7. The summed E-state index contributed by atoms with van der Waals surface area (Å²) in [5, 5.41) is 5.00. The van der Waals surface area contributed by atoms with Gasteiger partial charge < -0.3 is 4.74 Å². The van der Waals surface area contributed by atoms with Crippen LogP contribution in [0.2, 0.25) is 0 Å². The number of sulfonamides is 1. The van der Waals surface area contributed by atoms with Crippen LogP contribution < -0.4 is 9.46 Å². The first-order chi connectivity index (χ1) is 16.8. The summed E-state index contributed by atoms with van der Waals surface area (Å²) < 4.78 is 49.5. The molecule has 3 aromatic carbocycles. The summed E-state index contributed by atoms with van der Waals surface area (Å²) in [5.41, 5.74) is 2.49. The van der Waals surface area contributed by atoms with Gasteiger partial charge in [0.05, 0.1) is 28.7 Å². The van der Waals surface area contributed by atoms with Gasteiger partial charge >= 0.3 is 0 Å². The maximum atomic E-state index is 13.3. The van der Waals surface area contributed by atoms with Crippen LogP contribution in [-0.4, -0.2) is 35.7 Å². The molecule has 0 bridgehead atoms. The van der Waals surface area contributed by atoms with Crippen LogP contribution in [0.1, 0.15) is 31.4 Å². The number of nitrogens with zero attached hydrogens (tertiary/aromatic N) is 2. The van der Waals surface area contributed by atoms with E-state index in [2.05, 4.69) is 9.82 Å². The van der Waals surface area contributed by atoms with Gasteiger partial charge in [0.15, 0.2) is 0 Å². The van der Waals surface area contributed by atoms with Crippen molar-refractivity contribution in [2.24, 2.45) is 0 Å². The predicted molar refractivity (Wildman–Crippen MR) is 137 cm³/mol. The molecule has 35 heavy (non-hydrogen) atoms. The highest BCUT2D eigenvalue weighted by Crippen LogP contribution is 2.32. The fourth-order valence-electron chi connectivity index (χ4n) is 4.07. The summed E-state index contributed by atoms with van der Waals surface area (Å²) in [7, 11) is -3.38. The van der Waals surface area contributed by atoms with Crippen molar-refractivity contribution in [1.29, 1.82) is 0 Å². The quantitative estimate of drug-likeness (QED) is 0.302. The number of aromatic nitrogens is 2. The van der Waals surface area contributed by atoms with Crippen molar-refractivity contribution >= 4 is 32.7 Å². The summed E-state index contributed by atoms with van der Waals surface area (Å²) in [6.07, 6.45) is 4.61. The predicted octanol–water partition coefficient (Wildman–Crippen LogP) is 5.48. The Labute approximate surface area is 208 Å². The van der Waals surface area contributed by atoms with Gasteiger partial charge in [0, 0.05) is 10.3 Å². The Hall–Kier alpha value is -2.88. The largest absolute Gasteiger partial charge is 0.484 e. The zero-order valence-corrected chi connectivity index (χ0v) is 21.0. The zero-order chi connectivity index (χ0) is 24.6. The van der Waals surface area contributed by atoms with Gasteiger partial charge in [-0.1, -0.05) is 12.1 Å². The monoisotopic (exact) mass is 511 g/mol. The van der Waals surface area contributed by atoms with E-state index in [1.165, 1.54) is 12.1 Å². The Morgan fingerprint density at radius 1 is 1.09 bits per heavy atom. The maximum Gasteiger partial charge on any atom is 0.214 e. The minimum Gasteiger partial charge on any atom is -0.484 e. The van der Waals surface area contributed by atoms with Crippen LogP contribution in [0, 0.1) is 5.82 Å². The molecule has 1 N–H and O–H groups in total. The molecule has 1 aromatic heterocycles. The molecular formula is C26H26FN3O3S2. The van der Waals surface area contributed by atoms with Gasteiger partial charge in [-0.25, -0.2) is 22.2 Å². The summed E-state index contributed by atoms with van der Waals surface area (Å²) >= 11 is 1.64. The van der Waals surface area contributed by atoms with E-state index < -0.39 is 22.2 Å². The number of hydrogen-bond acceptors (Lipinski definition) is 5. The highest BCUT2D eigenvalue weighted by Gasteiger charge is 2.38. The van der Waals surface area contributed by atoms with Gasteiger partial charge in [0.25, 0.3) is 0 Å². The number of ether oxygens (including phenoxy) is 1. The number of nitrogens with one attached hydrogen (secondary N) is 1. The SMILES string of the molecule is CSc1ccc([C@H](Oc2ccc3c(cnn3-c3ccc(F)cc3)c2)[C@H](C)NS(=O)(=O)C2CC2)cc1. The Balaban J connectivity index is 1.44. The topological polar surface area (TPSA) is 73.2 Å². The Morgan fingerprint density at radius 2 is 1.80 bits per heavy atom. The van der Waals surface area contributed by atoms with Crippen molar-refractivity contribution in [3.63, 3.8) is 0 Å². The number of fused-ring (bicyclic) bond motifs is 1. The fourth-order valence-corrected chi connectivity index (χ4v) is 6.07. The average molecular weight is 512 g/mol. The Kier molecular flexibility index (Phi) is 6.57. The minimum atomic E-state index is -3.38. The highest BCUT2D eigenvalue weighted by molar-refractivity contribution is 7.98. The molecular weight excluding hydrogens is 485 g/mol. The van der Waals surface area contributed by atoms with Gasteiger partial charge in [-0.2, -0.15) is 5.10 Å². The van der Waals surface area contributed by atoms with Gasteiger partial charge in [-0.15, -0.1) is 11.8 Å². The van der Waals surface area contributed by atoms with Crippen LogP contribution in [-0.2, 0) is 10.0 Å². The second-order valence-corrected chi connectivity index (χ2v) is 11.6. The van der Waals surface area contributed by atoms with E-state index in [1.54, 1.807) is 34.8 Å². The molecule has 1 heterocycles. The van der Waals surface area contributed by atoms with E-state index in [0.717, 1.165) is 27.0 Å². The molecule has 5 rings (SSSR count). The molecule has 0 unspecified atom stereocenters. The third-order valence-corrected chi connectivity index (χ3v) is 8.88. The van der Waals surface area contributed by atoms with Crippen LogP contribution >= 0.6 is 11.8 Å². The smallest absolute Gasteiger partial charge is 0.214 e. The molecule has 4 aromatic rings. The van der Waals surface area contributed by atoms with E-state index in [4.69, 9.17) is 4.74 Å². The molecule has 1 saturated carbocycles. The van der Waals surface area contributed by atoms with Crippen molar-refractivity contribution in [2.75, 3.05) is 6.26 Å². The standard InChI is InChI=1S/C26H26FN3O3S2/c1-17(29-35(31,32)24-12-13-24)26(18-3-10-23(34-2)11-4-18)33-22-9-14-25-19(15-22)16-28-30(25)21-7-5-20(27)6-8-21/h3-11,14-17,24,26,29H,12-13H2,1-2H3/t17-,26+/m0/s1. The van der Waals surface area contributed by atoms with Crippen molar-refractivity contribution in [3.8, 4) is 11.4 Å². The van der Waals surface area contributed by atoms with Crippen LogP contribution in [0.15, 0.2) is 77.8 Å². The van der Waals surface area contributed by atoms with Crippen molar-refractivity contribution < 1.29 is 17.5 Å². The van der Waals surface area contributed by atoms with E-state index in [-0.39, 0.29) is 11.1 Å². The number of thioether (sulfide) groups is 1. The first-order valence-corrected chi connectivity index (χ1v) is 14.2. The molecule has 0 spiro atoms. The second kappa shape index (κ2) is 9.64. The van der Waals surface area contributed by atoms with Crippen molar-refractivity contribution in [1.82, 2.24) is 14.5 Å². The molecule has 0 amide bonds. The summed E-state index contributed by atoms with van der Waals surface area (Å²) in [6, 6.07) is 19.3. The van der Waals surface area contributed by atoms with Crippen LogP contribution in [0.25, 0.3) is 16.6 Å². The third kappa shape index (κ3) is 5.22. The fraction of sp³-hybridized carbons (Fsp3) is 0.269. The second-order valence-electron chi connectivity index (χ2n) is 8.72. The van der Waals surface area contributed by atoms with Gasteiger partial charge in [0.2, 0.25) is 10.0 Å². The zero-order valence-electron chi connectivity index (χ0n) is 19.4. The summed E-state index contributed by atoms with van der Waals surface area (Å²) in [6.45, 7) is 1.83. The maximum absolute atomic E-state index is 13.3. The Morgan fingerprint density at radius 3 is 2.46 bits per heavy atom. The van der Waals surface area contributed by atoms with Crippen LogP contribution in [0.5, 0.6) is 5.75 Å². The first kappa shape index (κ1) is 23.8. The van der Waals surface area contributed by atoms with E-state index in [1.807, 2.05) is 55.6 Å². The summed E-state index contributed by atoms with van der Waals surface area (Å²) in [5.74, 6) is 0.302. The number of hydrogen-bond donors (Lipinski definition) is 1. The molecule has 182 valence electrons. The Bertz CT molecular complexity index is 1430. The van der Waals surface area contributed by atoms with Gasteiger partial charge in [-0.3, -0.25) is 0 Å². The molecule has 0 saturated heterocycles. The summed E-state index contributed by atoms with van der Waals surface area (Å²) in [4.78, 5) is 1.12. The van der Waals surface area contributed by atoms with Crippen molar-refractivity contribution in [2.45, 2.75) is 42.1 Å². The molecule has 1 aliphatic carbocycles. The molecule has 6 nitrogen and oxygen atoms in total. The number of benzene rings is 3. The first-order valence-electron chi connectivity index (χ1n) is 11.4. The minimum absolute atomic E-state index is 0.302. The molecule has 2 atom stereocenters. The lowest BCUT2D eigenvalue weighted by molar-refractivity contribution is 0.173. The lowest BCUT2D eigenvalue weighted by atomic mass is 10.0. The lowest BCUT2D eigenvalue weighted by Gasteiger charge is -2.26. The molecule has 1 fully saturated rings. The highest BCUT2D eigenvalue weighted by atomic mass is 32.2. The van der Waals surface area contributed by atoms with Crippen LogP contribution in [0.3, 0.4) is 0 Å². The number of rotatable bonds is 9. The van der Waals surface area contributed by atoms with Crippen molar-refractivity contribution in [3.05, 3.63) is 84.3 Å². The average Bonchev–Trinajstić information content (AvgIpc) is 3.64. The van der Waals surface area contributed by atoms with E-state index in [0.29, 0.717) is 18.6 Å². The molecule has 9 heteroatoms. The molecule has 0 radical (unpaired) electrons. The van der Waals surface area contributed by atoms with Gasteiger partial charge in [0.1, 0.15) is 17.7 Å². The number of halogens is 1. The van der Waals surface area contributed by atoms with Crippen LogP contribution in [0.4, 0.5) is 4.39 Å². The molecule has 1 aliphatic rings. The lowest BCUT2D eigenvalue weighted by Crippen LogP contribution is -2.40. The third-order valence-electron chi connectivity index (χ3n) is 6.09. The molecule has 0 aliphatic heterocycles. The van der Waals surface area contributed by atoms with Gasteiger partial charge in [-0.05, 0) is 86.2 Å². The van der Waals surface area contributed by atoms with E-state index >= 15 is 0 Å².